The van der Waals surface area contributed by atoms with Crippen molar-refractivity contribution in [3.63, 3.8) is 0 Å². The van der Waals surface area contributed by atoms with E-state index in [2.05, 4.69) is 15.3 Å². The molecule has 0 bridgehead atoms. The van der Waals surface area contributed by atoms with Crippen molar-refractivity contribution in [3.8, 4) is 0 Å². The van der Waals surface area contributed by atoms with Gasteiger partial charge in [-0.1, -0.05) is 18.2 Å². The van der Waals surface area contributed by atoms with Gasteiger partial charge < -0.3 is 5.32 Å². The second kappa shape index (κ2) is 10.0. The first-order valence-corrected chi connectivity index (χ1v) is 11.5. The number of carbonyl (C=O) groups excluding carboxylic acids is 2. The predicted octanol–water partition coefficient (Wildman–Crippen LogP) is 5.27. The van der Waals surface area contributed by atoms with Crippen LogP contribution in [0.4, 0.5) is 20.2 Å². The summed E-state index contributed by atoms with van der Waals surface area (Å²) in [6, 6.07) is 15.2. The summed E-state index contributed by atoms with van der Waals surface area (Å²) in [5, 5.41) is 2.76. The van der Waals surface area contributed by atoms with Crippen LogP contribution < -0.4 is 10.2 Å². The van der Waals surface area contributed by atoms with E-state index >= 15 is 0 Å². The number of amides is 2. The smallest absolute Gasteiger partial charge is 0.279 e. The number of hydrogen-bond donors (Lipinski definition) is 1. The molecule has 1 aliphatic carbocycles. The Balaban J connectivity index is 1.63. The number of aromatic nitrogens is 2. The second-order valence-corrected chi connectivity index (χ2v) is 8.52. The highest BCUT2D eigenvalue weighted by molar-refractivity contribution is 6.11. The van der Waals surface area contributed by atoms with Crippen LogP contribution in [-0.4, -0.2) is 21.8 Å². The van der Waals surface area contributed by atoms with E-state index in [-0.39, 0.29) is 5.69 Å². The minimum absolute atomic E-state index is 0.0553. The summed E-state index contributed by atoms with van der Waals surface area (Å²) < 4.78 is 27.2. The third kappa shape index (κ3) is 4.84. The van der Waals surface area contributed by atoms with Crippen molar-refractivity contribution in [1.82, 2.24) is 9.97 Å². The van der Waals surface area contributed by atoms with E-state index < -0.39 is 29.5 Å². The maximum atomic E-state index is 13.8. The van der Waals surface area contributed by atoms with Gasteiger partial charge in [0.05, 0.1) is 6.20 Å². The fourth-order valence-corrected chi connectivity index (χ4v) is 4.43. The van der Waals surface area contributed by atoms with Crippen LogP contribution in [0.5, 0.6) is 0 Å². The molecule has 0 spiro atoms. The lowest BCUT2D eigenvalue weighted by atomic mass is 10.0. The molecule has 3 aromatic carbocycles. The summed E-state index contributed by atoms with van der Waals surface area (Å²) in [7, 11) is 0. The Hall–Kier alpha value is -4.46. The van der Waals surface area contributed by atoms with Gasteiger partial charge in [-0.15, -0.1) is 0 Å². The molecule has 0 saturated carbocycles. The molecule has 1 heterocycles. The summed E-state index contributed by atoms with van der Waals surface area (Å²) in [6.07, 6.45) is 7.04. The first kappa shape index (κ1) is 23.3. The van der Waals surface area contributed by atoms with Crippen LogP contribution in [0.15, 0.2) is 85.3 Å². The molecule has 8 heteroatoms. The minimum atomic E-state index is -1.18. The molecule has 0 saturated heterocycles. The highest BCUT2D eigenvalue weighted by Crippen LogP contribution is 2.34. The Bertz CT molecular complexity index is 1390. The molecule has 1 aliphatic rings. The summed E-state index contributed by atoms with van der Waals surface area (Å²) in [5.74, 6) is -2.00. The molecule has 6 nitrogen and oxygen atoms in total. The molecule has 180 valence electrons. The third-order valence-corrected chi connectivity index (χ3v) is 6.17. The van der Waals surface area contributed by atoms with Crippen LogP contribution in [0.1, 0.15) is 39.6 Å². The van der Waals surface area contributed by atoms with Crippen molar-refractivity contribution in [2.24, 2.45) is 0 Å². The fraction of sp³-hybridized carbons (Fsp3) is 0.143. The number of halogens is 2. The van der Waals surface area contributed by atoms with Gasteiger partial charge in [0.25, 0.3) is 11.8 Å². The van der Waals surface area contributed by atoms with Crippen molar-refractivity contribution in [3.05, 3.63) is 119 Å². The van der Waals surface area contributed by atoms with Crippen molar-refractivity contribution in [2.75, 3.05) is 10.2 Å². The molecule has 1 N–H and O–H groups in total. The number of anilines is 2. The molecule has 0 unspecified atom stereocenters. The predicted molar refractivity (Wildman–Crippen MR) is 131 cm³/mol. The molecule has 1 atom stereocenters. The topological polar surface area (TPSA) is 75.2 Å². The normalized spacial score (nSPS) is 13.1. The average molecular weight is 485 g/mol. The maximum absolute atomic E-state index is 13.8. The lowest BCUT2D eigenvalue weighted by molar-refractivity contribution is -0.117. The van der Waals surface area contributed by atoms with E-state index in [0.29, 0.717) is 16.9 Å². The van der Waals surface area contributed by atoms with E-state index in [1.807, 2.05) is 12.1 Å². The number of hydrogen-bond acceptors (Lipinski definition) is 4. The number of fused-ring (bicyclic) bond motifs is 1. The number of rotatable bonds is 6. The summed E-state index contributed by atoms with van der Waals surface area (Å²) in [6.45, 7) is 0. The Morgan fingerprint density at radius 3 is 2.25 bits per heavy atom. The van der Waals surface area contributed by atoms with Gasteiger partial charge >= 0.3 is 0 Å². The third-order valence-electron chi connectivity index (χ3n) is 6.17. The van der Waals surface area contributed by atoms with Crippen molar-refractivity contribution in [2.45, 2.75) is 25.3 Å². The van der Waals surface area contributed by atoms with Crippen LogP contribution >= 0.6 is 0 Å². The summed E-state index contributed by atoms with van der Waals surface area (Å²) in [5.41, 5.74) is 3.64. The van der Waals surface area contributed by atoms with Gasteiger partial charge in [0.2, 0.25) is 0 Å². The minimum Gasteiger partial charge on any atom is -0.324 e. The SMILES string of the molecule is O=C(Nc1ccc(F)cc1)[C@@H](c1ccc(F)cc1)N(C(=O)c1cnccn1)c1ccc2c(c1)CCC2. The van der Waals surface area contributed by atoms with Gasteiger partial charge in [-0.2, -0.15) is 0 Å². The number of nitrogens with one attached hydrogen (secondary N) is 1. The van der Waals surface area contributed by atoms with Gasteiger partial charge in [0, 0.05) is 23.8 Å². The summed E-state index contributed by atoms with van der Waals surface area (Å²) in [4.78, 5) is 37.1. The number of carbonyl (C=O) groups is 2. The molecular weight excluding hydrogens is 462 g/mol. The molecular formula is C28H22F2N4O2. The Morgan fingerprint density at radius 1 is 0.861 bits per heavy atom. The summed E-state index contributed by atoms with van der Waals surface area (Å²) >= 11 is 0. The van der Waals surface area contributed by atoms with Crippen molar-refractivity contribution < 1.29 is 18.4 Å². The largest absolute Gasteiger partial charge is 0.324 e. The number of aryl methyl sites for hydroxylation is 2. The van der Waals surface area contributed by atoms with Gasteiger partial charge in [-0.3, -0.25) is 19.5 Å². The van der Waals surface area contributed by atoms with Crippen LogP contribution in [0.3, 0.4) is 0 Å². The zero-order valence-corrected chi connectivity index (χ0v) is 19.2. The molecule has 4 aromatic rings. The number of nitrogens with zero attached hydrogens (tertiary/aromatic N) is 3. The van der Waals surface area contributed by atoms with Gasteiger partial charge in [-0.25, -0.2) is 13.8 Å². The fourth-order valence-electron chi connectivity index (χ4n) is 4.43. The lowest BCUT2D eigenvalue weighted by Crippen LogP contribution is -2.42. The first-order valence-electron chi connectivity index (χ1n) is 11.5. The molecule has 0 radical (unpaired) electrons. The molecule has 1 aromatic heterocycles. The van der Waals surface area contributed by atoms with Crippen molar-refractivity contribution >= 4 is 23.2 Å². The standard InChI is InChI=1S/C28H22F2N4O2/c29-21-7-4-19(5-8-21)26(27(35)33-23-11-9-22(30)10-12-23)34(28(36)25-17-31-14-15-32-25)24-13-6-18-2-1-3-20(18)16-24/h4-17,26H,1-3H2,(H,33,35)/t26-/m1/s1. The van der Waals surface area contributed by atoms with Crippen LogP contribution in [0.25, 0.3) is 0 Å². The van der Waals surface area contributed by atoms with E-state index in [1.54, 1.807) is 6.07 Å². The second-order valence-electron chi connectivity index (χ2n) is 8.52. The highest BCUT2D eigenvalue weighted by Gasteiger charge is 2.35. The Kier molecular flexibility index (Phi) is 6.49. The zero-order chi connectivity index (χ0) is 25.1. The zero-order valence-electron chi connectivity index (χ0n) is 19.2. The van der Waals surface area contributed by atoms with Crippen LogP contribution in [0, 0.1) is 11.6 Å². The molecule has 0 fully saturated rings. The van der Waals surface area contributed by atoms with Gasteiger partial charge in [-0.05, 0) is 84.5 Å². The van der Waals surface area contributed by atoms with E-state index in [4.69, 9.17) is 0 Å². The average Bonchev–Trinajstić information content (AvgIpc) is 3.37. The van der Waals surface area contributed by atoms with Gasteiger partial charge in [0.1, 0.15) is 23.4 Å². The Labute approximate surface area is 206 Å². The van der Waals surface area contributed by atoms with Crippen LogP contribution in [-0.2, 0) is 17.6 Å². The van der Waals surface area contributed by atoms with Crippen molar-refractivity contribution in [1.29, 1.82) is 0 Å². The lowest BCUT2D eigenvalue weighted by Gasteiger charge is -2.31. The highest BCUT2D eigenvalue weighted by atomic mass is 19.1. The van der Waals surface area contributed by atoms with Gasteiger partial charge in [0.15, 0.2) is 0 Å². The molecule has 2 amide bonds. The number of benzene rings is 3. The van der Waals surface area contributed by atoms with E-state index in [9.17, 15) is 18.4 Å². The van der Waals surface area contributed by atoms with Crippen LogP contribution in [0.2, 0.25) is 0 Å². The van der Waals surface area contributed by atoms with E-state index in [1.165, 1.54) is 77.6 Å². The monoisotopic (exact) mass is 484 g/mol. The molecule has 5 rings (SSSR count). The quantitative estimate of drug-likeness (QED) is 0.405. The molecule has 36 heavy (non-hydrogen) atoms. The molecule has 0 aliphatic heterocycles. The Morgan fingerprint density at radius 2 is 1.56 bits per heavy atom. The first-order chi connectivity index (χ1) is 17.5. The van der Waals surface area contributed by atoms with E-state index in [0.717, 1.165) is 24.8 Å². The maximum Gasteiger partial charge on any atom is 0.279 e.